The largest absolute Gasteiger partial charge is 0.388 e. The van der Waals surface area contributed by atoms with E-state index in [1.165, 1.54) is 6.42 Å². The molecule has 1 N–H and O–H groups in total. The highest BCUT2D eigenvalue weighted by atomic mass is 16.3. The summed E-state index contributed by atoms with van der Waals surface area (Å²) in [7, 11) is 0. The van der Waals surface area contributed by atoms with E-state index in [9.17, 15) is 9.90 Å². The van der Waals surface area contributed by atoms with E-state index < -0.39 is 6.10 Å². The number of aliphatic hydroxyl groups is 1. The molecule has 2 heteroatoms. The SMILES string of the molecule is CCCCC(C)(C)C(O)C=CC=CCCCCC=O. The van der Waals surface area contributed by atoms with Gasteiger partial charge in [0.25, 0.3) is 0 Å². The van der Waals surface area contributed by atoms with Gasteiger partial charge in [0.05, 0.1) is 6.10 Å². The van der Waals surface area contributed by atoms with Crippen molar-refractivity contribution >= 4 is 6.29 Å². The second-order valence-corrected chi connectivity index (χ2v) is 5.80. The summed E-state index contributed by atoms with van der Waals surface area (Å²) in [4.78, 5) is 10.1. The third-order valence-electron chi connectivity index (χ3n) is 3.46. The smallest absolute Gasteiger partial charge is 0.119 e. The molecule has 0 aliphatic rings. The summed E-state index contributed by atoms with van der Waals surface area (Å²) >= 11 is 0. The first-order valence-corrected chi connectivity index (χ1v) is 7.49. The van der Waals surface area contributed by atoms with Gasteiger partial charge in [-0.1, -0.05) is 57.9 Å². The molecule has 0 saturated heterocycles. The maximum Gasteiger partial charge on any atom is 0.119 e. The van der Waals surface area contributed by atoms with E-state index in [0.717, 1.165) is 38.4 Å². The van der Waals surface area contributed by atoms with Crippen molar-refractivity contribution in [1.29, 1.82) is 0 Å². The first kappa shape index (κ1) is 18.1. The second kappa shape index (κ2) is 11.0. The highest BCUT2D eigenvalue weighted by Gasteiger charge is 2.24. The lowest BCUT2D eigenvalue weighted by Crippen LogP contribution is -2.27. The molecule has 1 atom stereocenters. The molecule has 0 aromatic carbocycles. The van der Waals surface area contributed by atoms with Crippen molar-refractivity contribution in [2.24, 2.45) is 5.41 Å². The summed E-state index contributed by atoms with van der Waals surface area (Å²) in [6, 6.07) is 0. The molecule has 1 unspecified atom stereocenters. The normalized spacial score (nSPS) is 14.3. The molecule has 2 nitrogen and oxygen atoms in total. The van der Waals surface area contributed by atoms with Crippen LogP contribution in [0.15, 0.2) is 24.3 Å². The Balaban J connectivity index is 3.90. The maximum atomic E-state index is 10.1. The van der Waals surface area contributed by atoms with Crippen LogP contribution < -0.4 is 0 Å². The van der Waals surface area contributed by atoms with Crippen LogP contribution in [0, 0.1) is 5.41 Å². The van der Waals surface area contributed by atoms with E-state index in [4.69, 9.17) is 0 Å². The summed E-state index contributed by atoms with van der Waals surface area (Å²) < 4.78 is 0. The van der Waals surface area contributed by atoms with Gasteiger partial charge in [0.1, 0.15) is 6.29 Å². The molecule has 0 saturated carbocycles. The van der Waals surface area contributed by atoms with Crippen LogP contribution in [-0.4, -0.2) is 17.5 Å². The lowest BCUT2D eigenvalue weighted by Gasteiger charge is -2.28. The number of carbonyl (C=O) groups is 1. The Kier molecular flexibility index (Phi) is 10.5. The number of aldehydes is 1. The Morgan fingerprint density at radius 1 is 1.11 bits per heavy atom. The lowest BCUT2D eigenvalue weighted by molar-refractivity contribution is -0.107. The zero-order valence-electron chi connectivity index (χ0n) is 12.8. The monoisotopic (exact) mass is 266 g/mol. The quantitative estimate of drug-likeness (QED) is 0.341. The summed E-state index contributed by atoms with van der Waals surface area (Å²) in [5.41, 5.74) is -0.0513. The van der Waals surface area contributed by atoms with Gasteiger partial charge in [-0.2, -0.15) is 0 Å². The number of carbonyl (C=O) groups excluding carboxylic acids is 1. The van der Waals surface area contributed by atoms with Crippen LogP contribution in [0.2, 0.25) is 0 Å². The molecule has 0 aliphatic carbocycles. The molecule has 0 radical (unpaired) electrons. The first-order valence-electron chi connectivity index (χ1n) is 7.49. The predicted octanol–water partition coefficient (Wildman–Crippen LogP) is 4.44. The molecule has 0 spiro atoms. The third-order valence-corrected chi connectivity index (χ3v) is 3.46. The molecule has 110 valence electrons. The van der Waals surface area contributed by atoms with Crippen LogP contribution in [0.4, 0.5) is 0 Å². The first-order chi connectivity index (χ1) is 9.04. The molecule has 0 rings (SSSR count). The number of hydrogen-bond acceptors (Lipinski definition) is 2. The molecular formula is C17H30O2. The van der Waals surface area contributed by atoms with Crippen molar-refractivity contribution in [2.75, 3.05) is 0 Å². The average molecular weight is 266 g/mol. The minimum atomic E-state index is -0.390. The van der Waals surface area contributed by atoms with Gasteiger partial charge in [-0.15, -0.1) is 0 Å². The minimum Gasteiger partial charge on any atom is -0.388 e. The van der Waals surface area contributed by atoms with Gasteiger partial charge < -0.3 is 9.90 Å². The van der Waals surface area contributed by atoms with Gasteiger partial charge in [-0.25, -0.2) is 0 Å². The summed E-state index contributed by atoms with van der Waals surface area (Å²) in [5.74, 6) is 0. The molecule has 0 aromatic heterocycles. The van der Waals surface area contributed by atoms with Crippen LogP contribution in [0.25, 0.3) is 0 Å². The van der Waals surface area contributed by atoms with E-state index in [1.54, 1.807) is 0 Å². The van der Waals surface area contributed by atoms with E-state index in [2.05, 4.69) is 26.8 Å². The molecule has 0 fully saturated rings. The molecule has 0 bridgehead atoms. The van der Waals surface area contributed by atoms with Crippen LogP contribution in [0.5, 0.6) is 0 Å². The summed E-state index contributed by atoms with van der Waals surface area (Å²) in [6.07, 6.45) is 15.5. The average Bonchev–Trinajstić information content (AvgIpc) is 2.39. The molecular weight excluding hydrogens is 236 g/mol. The van der Waals surface area contributed by atoms with Crippen molar-refractivity contribution < 1.29 is 9.90 Å². The highest BCUT2D eigenvalue weighted by Crippen LogP contribution is 2.28. The molecule has 0 amide bonds. The Bertz CT molecular complexity index is 277. The predicted molar refractivity (Wildman–Crippen MR) is 82.1 cm³/mol. The molecule has 0 heterocycles. The van der Waals surface area contributed by atoms with Gasteiger partial charge in [-0.05, 0) is 31.1 Å². The van der Waals surface area contributed by atoms with Crippen molar-refractivity contribution in [3.8, 4) is 0 Å². The van der Waals surface area contributed by atoms with Gasteiger partial charge in [0, 0.05) is 6.42 Å². The van der Waals surface area contributed by atoms with Crippen molar-refractivity contribution in [3.63, 3.8) is 0 Å². The summed E-state index contributed by atoms with van der Waals surface area (Å²) in [5, 5.41) is 10.1. The lowest BCUT2D eigenvalue weighted by atomic mass is 9.81. The number of allylic oxidation sites excluding steroid dienone is 3. The maximum absolute atomic E-state index is 10.1. The Labute approximate surface area is 118 Å². The van der Waals surface area contributed by atoms with E-state index in [-0.39, 0.29) is 5.41 Å². The second-order valence-electron chi connectivity index (χ2n) is 5.80. The van der Waals surface area contributed by atoms with Crippen LogP contribution >= 0.6 is 0 Å². The Hall–Kier alpha value is -0.890. The summed E-state index contributed by atoms with van der Waals surface area (Å²) in [6.45, 7) is 6.40. The zero-order valence-corrected chi connectivity index (χ0v) is 12.8. The number of aliphatic hydroxyl groups excluding tert-OH is 1. The topological polar surface area (TPSA) is 37.3 Å². The van der Waals surface area contributed by atoms with Gasteiger partial charge >= 0.3 is 0 Å². The van der Waals surface area contributed by atoms with Gasteiger partial charge in [0.15, 0.2) is 0 Å². The zero-order chi connectivity index (χ0) is 14.6. The highest BCUT2D eigenvalue weighted by molar-refractivity contribution is 5.48. The number of hydrogen-bond donors (Lipinski definition) is 1. The fourth-order valence-electron chi connectivity index (χ4n) is 1.87. The third kappa shape index (κ3) is 9.66. The van der Waals surface area contributed by atoms with Gasteiger partial charge in [-0.3, -0.25) is 0 Å². The number of unbranched alkanes of at least 4 members (excludes halogenated alkanes) is 4. The Morgan fingerprint density at radius 2 is 1.79 bits per heavy atom. The van der Waals surface area contributed by atoms with E-state index >= 15 is 0 Å². The fraction of sp³-hybridized carbons (Fsp3) is 0.706. The fourth-order valence-corrected chi connectivity index (χ4v) is 1.87. The van der Waals surface area contributed by atoms with Crippen molar-refractivity contribution in [3.05, 3.63) is 24.3 Å². The minimum absolute atomic E-state index is 0.0513. The standard InChI is InChI=1S/C17H30O2/c1-4-5-14-17(2,3)16(19)13-11-9-7-6-8-10-12-15-18/h7,9,11,13,15-16,19H,4-6,8,10,12,14H2,1-3H3. The van der Waals surface area contributed by atoms with E-state index in [0.29, 0.717) is 6.42 Å². The number of rotatable bonds is 11. The van der Waals surface area contributed by atoms with E-state index in [1.807, 2.05) is 18.2 Å². The molecule has 0 aromatic rings. The van der Waals surface area contributed by atoms with Crippen LogP contribution in [0.1, 0.15) is 65.7 Å². The molecule has 19 heavy (non-hydrogen) atoms. The van der Waals surface area contributed by atoms with Crippen molar-refractivity contribution in [2.45, 2.75) is 71.8 Å². The Morgan fingerprint density at radius 3 is 2.42 bits per heavy atom. The van der Waals surface area contributed by atoms with Crippen LogP contribution in [0.3, 0.4) is 0 Å². The van der Waals surface area contributed by atoms with Crippen molar-refractivity contribution in [1.82, 2.24) is 0 Å². The molecule has 0 aliphatic heterocycles. The van der Waals surface area contributed by atoms with Gasteiger partial charge in [0.2, 0.25) is 0 Å². The van der Waals surface area contributed by atoms with Crippen LogP contribution in [-0.2, 0) is 4.79 Å².